The van der Waals surface area contributed by atoms with Crippen molar-refractivity contribution in [3.05, 3.63) is 53.1 Å². The van der Waals surface area contributed by atoms with E-state index in [1.165, 1.54) is 11.8 Å². The van der Waals surface area contributed by atoms with Crippen molar-refractivity contribution < 1.29 is 13.2 Å². The molecule has 0 aliphatic carbocycles. The van der Waals surface area contributed by atoms with Gasteiger partial charge < -0.3 is 10.2 Å². The Morgan fingerprint density at radius 3 is 2.58 bits per heavy atom. The molecular weight excluding hydrogens is 447 g/mol. The quantitative estimate of drug-likeness (QED) is 0.461. The van der Waals surface area contributed by atoms with Crippen LogP contribution in [0, 0.1) is 6.92 Å². The Kier molecular flexibility index (Phi) is 6.90. The Bertz CT molecular complexity index is 1190. The summed E-state index contributed by atoms with van der Waals surface area (Å²) in [5, 5.41) is 4.85. The number of thioether (sulfide) groups is 1. The van der Waals surface area contributed by atoms with Gasteiger partial charge in [-0.25, -0.2) is 9.97 Å². The number of anilines is 1. The minimum Gasteiger partial charge on any atom is -0.369 e. The highest BCUT2D eigenvalue weighted by atomic mass is 32.2. The molecule has 0 saturated carbocycles. The van der Waals surface area contributed by atoms with Crippen molar-refractivity contribution in [3.8, 4) is 11.4 Å². The van der Waals surface area contributed by atoms with Crippen LogP contribution in [0.2, 0.25) is 0 Å². The Hall–Kier alpha value is -2.65. The van der Waals surface area contributed by atoms with Crippen LogP contribution in [-0.2, 0) is 6.18 Å². The van der Waals surface area contributed by atoms with Crippen molar-refractivity contribution in [2.45, 2.75) is 19.5 Å². The number of aliphatic imine (C=N–C) groups is 1. The lowest BCUT2D eigenvalue weighted by Gasteiger charge is -2.15. The van der Waals surface area contributed by atoms with Gasteiger partial charge in [0.25, 0.3) is 0 Å². The lowest BCUT2D eigenvalue weighted by Crippen LogP contribution is -2.17. The fraction of sp³-hybridized carbons (Fsp3) is 0.375. The summed E-state index contributed by atoms with van der Waals surface area (Å²) >= 11 is 1.47. The number of alkyl halides is 3. The number of para-hydroxylation sites is 1. The van der Waals surface area contributed by atoms with Gasteiger partial charge in [0.2, 0.25) is 0 Å². The second-order valence-corrected chi connectivity index (χ2v) is 9.37. The summed E-state index contributed by atoms with van der Waals surface area (Å²) in [6, 6.07) is 9.80. The van der Waals surface area contributed by atoms with Crippen molar-refractivity contribution in [2.75, 3.05) is 44.8 Å². The first kappa shape index (κ1) is 23.5. The molecule has 0 saturated heterocycles. The topological polar surface area (TPSA) is 53.4 Å². The van der Waals surface area contributed by atoms with Gasteiger partial charge in [0, 0.05) is 35.4 Å². The molecule has 1 aromatic heterocycles. The van der Waals surface area contributed by atoms with E-state index in [1.807, 2.05) is 39.2 Å². The van der Waals surface area contributed by atoms with E-state index in [-0.39, 0.29) is 5.82 Å². The van der Waals surface area contributed by atoms with Crippen molar-refractivity contribution in [1.82, 2.24) is 14.9 Å². The van der Waals surface area contributed by atoms with Crippen LogP contribution in [0.3, 0.4) is 0 Å². The van der Waals surface area contributed by atoms with E-state index in [4.69, 9.17) is 0 Å². The Labute approximate surface area is 195 Å². The summed E-state index contributed by atoms with van der Waals surface area (Å²) in [5.74, 6) is 1.67. The maximum Gasteiger partial charge on any atom is 0.416 e. The summed E-state index contributed by atoms with van der Waals surface area (Å²) < 4.78 is 41.1. The van der Waals surface area contributed by atoms with Crippen LogP contribution in [-0.4, -0.2) is 59.4 Å². The molecule has 3 aromatic rings. The SMILES string of the molecule is Cc1cccc2c(NCCCN(C)C)nc(-c3cc(C4=NCCS4)cc(C(F)(F)F)c3)nc12. The average Bonchev–Trinajstić information content (AvgIpc) is 3.31. The smallest absolute Gasteiger partial charge is 0.369 e. The second-order valence-electron chi connectivity index (χ2n) is 8.28. The Balaban J connectivity index is 1.81. The number of hydrogen-bond donors (Lipinski definition) is 1. The van der Waals surface area contributed by atoms with E-state index in [0.29, 0.717) is 35.1 Å². The van der Waals surface area contributed by atoms with E-state index in [9.17, 15) is 13.2 Å². The zero-order valence-electron chi connectivity index (χ0n) is 18.8. The van der Waals surface area contributed by atoms with Crippen LogP contribution in [0.4, 0.5) is 19.0 Å². The number of nitrogens with zero attached hydrogens (tertiary/aromatic N) is 4. The number of rotatable bonds is 7. The molecule has 9 heteroatoms. The summed E-state index contributed by atoms with van der Waals surface area (Å²) in [7, 11) is 4.03. The van der Waals surface area contributed by atoms with Gasteiger partial charge in [0.15, 0.2) is 5.82 Å². The fourth-order valence-electron chi connectivity index (χ4n) is 3.72. The van der Waals surface area contributed by atoms with E-state index in [1.54, 1.807) is 6.07 Å². The van der Waals surface area contributed by atoms with Gasteiger partial charge in [-0.05, 0) is 63.8 Å². The van der Waals surface area contributed by atoms with Gasteiger partial charge in [0.05, 0.1) is 16.1 Å². The number of fused-ring (bicyclic) bond motifs is 1. The molecule has 0 spiro atoms. The van der Waals surface area contributed by atoms with Gasteiger partial charge >= 0.3 is 6.18 Å². The molecule has 0 radical (unpaired) electrons. The molecule has 1 aliphatic heterocycles. The van der Waals surface area contributed by atoms with E-state index < -0.39 is 11.7 Å². The molecule has 0 fully saturated rings. The van der Waals surface area contributed by atoms with Crippen LogP contribution in [0.25, 0.3) is 22.3 Å². The average molecular weight is 474 g/mol. The zero-order valence-corrected chi connectivity index (χ0v) is 19.6. The van der Waals surface area contributed by atoms with Gasteiger partial charge in [-0.2, -0.15) is 13.2 Å². The van der Waals surface area contributed by atoms with Crippen LogP contribution in [0.5, 0.6) is 0 Å². The zero-order chi connectivity index (χ0) is 23.6. The molecule has 0 bridgehead atoms. The largest absolute Gasteiger partial charge is 0.416 e. The van der Waals surface area contributed by atoms with Crippen LogP contribution in [0.15, 0.2) is 41.4 Å². The van der Waals surface area contributed by atoms with Gasteiger partial charge in [-0.3, -0.25) is 4.99 Å². The van der Waals surface area contributed by atoms with Crippen LogP contribution < -0.4 is 5.32 Å². The number of aryl methyl sites for hydroxylation is 1. The highest BCUT2D eigenvalue weighted by Gasteiger charge is 2.32. The van der Waals surface area contributed by atoms with Crippen LogP contribution in [0.1, 0.15) is 23.1 Å². The third kappa shape index (κ3) is 5.47. The lowest BCUT2D eigenvalue weighted by atomic mass is 10.0. The minimum atomic E-state index is -4.48. The van der Waals surface area contributed by atoms with Crippen LogP contribution >= 0.6 is 11.8 Å². The second kappa shape index (κ2) is 9.69. The Morgan fingerprint density at radius 2 is 1.88 bits per heavy atom. The predicted octanol–water partition coefficient (Wildman–Crippen LogP) is 5.48. The highest BCUT2D eigenvalue weighted by Crippen LogP contribution is 2.35. The predicted molar refractivity (Wildman–Crippen MR) is 130 cm³/mol. The minimum absolute atomic E-state index is 0.267. The lowest BCUT2D eigenvalue weighted by molar-refractivity contribution is -0.137. The molecule has 174 valence electrons. The van der Waals surface area contributed by atoms with Crippen molar-refractivity contribution in [3.63, 3.8) is 0 Å². The van der Waals surface area contributed by atoms with Crippen molar-refractivity contribution in [1.29, 1.82) is 0 Å². The molecular formula is C24H26F3N5S. The molecule has 1 aliphatic rings. The molecule has 33 heavy (non-hydrogen) atoms. The number of hydrogen-bond acceptors (Lipinski definition) is 6. The number of nitrogens with one attached hydrogen (secondary N) is 1. The number of halogens is 3. The normalized spacial score (nSPS) is 14.2. The molecule has 2 heterocycles. The standard InChI is InChI=1S/C24H26F3N5S/c1-15-6-4-7-19-20(15)30-21(31-22(19)28-8-5-10-32(2)3)16-12-17(23-29-9-11-33-23)14-18(13-16)24(25,26)27/h4,6-7,12-14H,5,8-11H2,1-3H3,(H,28,30,31). The summed E-state index contributed by atoms with van der Waals surface area (Å²) in [4.78, 5) is 15.8. The van der Waals surface area contributed by atoms with Gasteiger partial charge in [-0.1, -0.05) is 12.1 Å². The molecule has 0 atom stereocenters. The summed E-state index contributed by atoms with van der Waals surface area (Å²) in [5.41, 5.74) is 1.73. The molecule has 0 unspecified atom stereocenters. The maximum atomic E-state index is 13.7. The molecule has 2 aromatic carbocycles. The monoisotopic (exact) mass is 473 g/mol. The first-order chi connectivity index (χ1) is 15.7. The van der Waals surface area contributed by atoms with Gasteiger partial charge in [-0.15, -0.1) is 11.8 Å². The maximum absolute atomic E-state index is 13.7. The molecule has 5 nitrogen and oxygen atoms in total. The number of benzene rings is 2. The third-order valence-electron chi connectivity index (χ3n) is 5.35. The van der Waals surface area contributed by atoms with E-state index in [0.717, 1.165) is 47.3 Å². The highest BCUT2D eigenvalue weighted by molar-refractivity contribution is 8.14. The van der Waals surface area contributed by atoms with Crippen molar-refractivity contribution in [2.24, 2.45) is 4.99 Å². The summed E-state index contributed by atoms with van der Waals surface area (Å²) in [6.07, 6.45) is -3.57. The van der Waals surface area contributed by atoms with Gasteiger partial charge in [0.1, 0.15) is 5.82 Å². The first-order valence-corrected chi connectivity index (χ1v) is 11.8. The molecule has 1 N–H and O–H groups in total. The fourth-order valence-corrected chi connectivity index (χ4v) is 4.56. The van der Waals surface area contributed by atoms with Crippen molar-refractivity contribution >= 4 is 33.5 Å². The summed E-state index contributed by atoms with van der Waals surface area (Å²) in [6.45, 7) is 4.16. The van der Waals surface area contributed by atoms with E-state index >= 15 is 0 Å². The third-order valence-corrected chi connectivity index (χ3v) is 6.38. The molecule has 4 rings (SSSR count). The molecule has 0 amide bonds. The Morgan fingerprint density at radius 1 is 1.09 bits per heavy atom. The van der Waals surface area contributed by atoms with E-state index in [2.05, 4.69) is 25.2 Å². The first-order valence-electron chi connectivity index (χ1n) is 10.8. The number of aromatic nitrogens is 2.